The van der Waals surface area contributed by atoms with E-state index in [4.69, 9.17) is 5.11 Å². The van der Waals surface area contributed by atoms with Crippen molar-refractivity contribution in [2.75, 3.05) is 0 Å². The average Bonchev–Trinajstić information content (AvgIpc) is 1.84. The van der Waals surface area contributed by atoms with E-state index in [1.807, 2.05) is 0 Å². The van der Waals surface area contributed by atoms with Gasteiger partial charge in [-0.1, -0.05) is 33.6 Å². The molecule has 0 aliphatic carbocycles. The van der Waals surface area contributed by atoms with Gasteiger partial charge in [-0.2, -0.15) is 0 Å². The summed E-state index contributed by atoms with van der Waals surface area (Å²) in [4.78, 5) is 0. The smallest absolute Gasteiger partial charge is 0.150 e. The van der Waals surface area contributed by atoms with Gasteiger partial charge in [-0.05, 0) is 18.0 Å². The lowest BCUT2D eigenvalue weighted by Gasteiger charge is -2.15. The van der Waals surface area contributed by atoms with Crippen LogP contribution in [0.3, 0.4) is 0 Å². The Morgan fingerprint density at radius 3 is 1.67 bits per heavy atom. The second kappa shape index (κ2) is 5.39. The van der Waals surface area contributed by atoms with E-state index in [1.54, 1.807) is 6.92 Å². The van der Waals surface area contributed by atoms with Crippen molar-refractivity contribution in [3.63, 3.8) is 0 Å². The Labute approximate surface area is 77.8 Å². The summed E-state index contributed by atoms with van der Waals surface area (Å²) >= 11 is 0. The monoisotopic (exact) mass is 183 g/mol. The van der Waals surface area contributed by atoms with Gasteiger partial charge in [-0.3, -0.25) is 0 Å². The Hall–Kier alpha value is -0.263. The molecule has 0 saturated carbocycles. The summed E-state index contributed by atoms with van der Waals surface area (Å²) in [6.45, 7) is 10.6. The fourth-order valence-electron chi connectivity index (χ4n) is 1.14. The highest BCUT2D eigenvalue weighted by Crippen LogP contribution is 2.18. The number of hydrogen-bond donors (Lipinski definition) is 1. The lowest BCUT2D eigenvalue weighted by molar-refractivity contribution is 0.253. The first-order chi connectivity index (χ1) is 5.45. The average molecular weight is 183 g/mol. The highest BCUT2D eigenvalue weighted by molar-refractivity contribution is 6.70. The number of aliphatic hydroxyl groups is 1. The van der Waals surface area contributed by atoms with Crippen LogP contribution in [0, 0.1) is 11.5 Å². The second-order valence-electron chi connectivity index (χ2n) is 3.71. The van der Waals surface area contributed by atoms with Gasteiger partial charge >= 0.3 is 0 Å². The maximum absolute atomic E-state index is 9.01. The van der Waals surface area contributed by atoms with Crippen LogP contribution in [0.1, 0.15) is 34.6 Å². The first-order valence-electron chi connectivity index (χ1n) is 4.51. The fraction of sp³-hybridized carbons (Fsp3) is 0.800. The Morgan fingerprint density at radius 1 is 1.00 bits per heavy atom. The Kier molecular flexibility index (Phi) is 5.28. The van der Waals surface area contributed by atoms with Gasteiger partial charge in [-0.15, -0.1) is 5.54 Å². The molecule has 1 radical (unpaired) electrons. The minimum atomic E-state index is -0.595. The van der Waals surface area contributed by atoms with Crippen LogP contribution < -0.4 is 0 Å². The Balaban J connectivity index is 4.26. The molecule has 1 nitrogen and oxygen atoms in total. The molecule has 12 heavy (non-hydrogen) atoms. The van der Waals surface area contributed by atoms with E-state index in [0.717, 1.165) is 0 Å². The van der Waals surface area contributed by atoms with E-state index in [9.17, 15) is 0 Å². The second-order valence-corrected chi connectivity index (χ2v) is 7.18. The number of rotatable bonds is 2. The van der Waals surface area contributed by atoms with Gasteiger partial charge in [-0.25, -0.2) is 0 Å². The minimum Gasteiger partial charge on any atom is -0.381 e. The molecule has 2 heteroatoms. The third-order valence-electron chi connectivity index (χ3n) is 1.67. The number of aliphatic hydroxyl groups excluding tert-OH is 1. The first kappa shape index (κ1) is 11.7. The zero-order chi connectivity index (χ0) is 9.72. The van der Waals surface area contributed by atoms with Crippen LogP contribution in [0.2, 0.25) is 11.1 Å². The van der Waals surface area contributed by atoms with Gasteiger partial charge in [0.15, 0.2) is 0 Å². The van der Waals surface area contributed by atoms with Crippen molar-refractivity contribution < 1.29 is 5.11 Å². The van der Waals surface area contributed by atoms with Crippen molar-refractivity contribution in [3.8, 4) is 11.5 Å². The lowest BCUT2D eigenvalue weighted by atomic mass is 10.4. The topological polar surface area (TPSA) is 20.2 Å². The molecule has 0 amide bonds. The summed E-state index contributed by atoms with van der Waals surface area (Å²) in [6, 6.07) is 0. The molecule has 1 unspecified atom stereocenters. The summed E-state index contributed by atoms with van der Waals surface area (Å²) in [5.74, 6) is 2.86. The maximum Gasteiger partial charge on any atom is 0.150 e. The van der Waals surface area contributed by atoms with Gasteiger partial charge in [0, 0.05) is 0 Å². The molecular formula is C10H19OSi. The molecule has 0 aliphatic heterocycles. The standard InChI is InChI=1S/C10H19OSi/c1-8(2)12(9(3)4)7-6-10(5)11/h8-11H,1-5H3. The third kappa shape index (κ3) is 4.58. The predicted octanol–water partition coefficient (Wildman–Crippen LogP) is 2.22. The molecule has 0 aromatic heterocycles. The largest absolute Gasteiger partial charge is 0.381 e. The molecule has 0 aliphatic rings. The van der Waals surface area contributed by atoms with Crippen molar-refractivity contribution >= 4 is 8.80 Å². The predicted molar refractivity (Wildman–Crippen MR) is 55.4 cm³/mol. The highest BCUT2D eigenvalue weighted by Gasteiger charge is 2.17. The SMILES string of the molecule is CC(O)C#C[Si](C(C)C)C(C)C. The maximum atomic E-state index is 9.01. The molecule has 0 saturated heterocycles. The molecule has 0 heterocycles. The highest BCUT2D eigenvalue weighted by atomic mass is 28.3. The fourth-order valence-corrected chi connectivity index (χ4v) is 3.43. The molecule has 69 valence electrons. The zero-order valence-electron chi connectivity index (χ0n) is 8.68. The van der Waals surface area contributed by atoms with Crippen molar-refractivity contribution in [1.82, 2.24) is 0 Å². The molecular weight excluding hydrogens is 164 g/mol. The lowest BCUT2D eigenvalue weighted by Crippen LogP contribution is -2.19. The molecule has 0 bridgehead atoms. The molecule has 1 N–H and O–H groups in total. The molecule has 1 atom stereocenters. The molecule has 0 aromatic rings. The van der Waals surface area contributed by atoms with Gasteiger partial charge in [0.1, 0.15) is 14.9 Å². The van der Waals surface area contributed by atoms with Crippen LogP contribution in [-0.4, -0.2) is 20.0 Å². The van der Waals surface area contributed by atoms with Crippen molar-refractivity contribution in [3.05, 3.63) is 0 Å². The number of hydrogen-bond acceptors (Lipinski definition) is 1. The minimum absolute atomic E-state index is 0.470. The summed E-state index contributed by atoms with van der Waals surface area (Å²) < 4.78 is 0. The van der Waals surface area contributed by atoms with Gasteiger partial charge < -0.3 is 5.11 Å². The first-order valence-corrected chi connectivity index (χ1v) is 6.17. The van der Waals surface area contributed by atoms with Gasteiger partial charge in [0.25, 0.3) is 0 Å². The summed E-state index contributed by atoms with van der Waals surface area (Å²) in [5.41, 5.74) is 4.56. The summed E-state index contributed by atoms with van der Waals surface area (Å²) in [6.07, 6.45) is -0.470. The van der Waals surface area contributed by atoms with Gasteiger partial charge in [0.05, 0.1) is 0 Å². The van der Waals surface area contributed by atoms with Crippen molar-refractivity contribution in [1.29, 1.82) is 0 Å². The van der Waals surface area contributed by atoms with E-state index in [1.165, 1.54) is 0 Å². The van der Waals surface area contributed by atoms with Crippen LogP contribution in [0.25, 0.3) is 0 Å². The normalized spacial score (nSPS) is 13.4. The molecule has 0 aromatic carbocycles. The van der Waals surface area contributed by atoms with Crippen LogP contribution in [-0.2, 0) is 0 Å². The van der Waals surface area contributed by atoms with E-state index in [0.29, 0.717) is 11.1 Å². The van der Waals surface area contributed by atoms with E-state index in [2.05, 4.69) is 39.2 Å². The van der Waals surface area contributed by atoms with Gasteiger partial charge in [0.2, 0.25) is 0 Å². The molecule has 0 spiro atoms. The summed E-state index contributed by atoms with van der Waals surface area (Å²) in [7, 11) is -0.595. The zero-order valence-corrected chi connectivity index (χ0v) is 9.68. The van der Waals surface area contributed by atoms with E-state index < -0.39 is 14.9 Å². The molecule has 0 rings (SSSR count). The van der Waals surface area contributed by atoms with Crippen LogP contribution >= 0.6 is 0 Å². The van der Waals surface area contributed by atoms with E-state index in [-0.39, 0.29) is 0 Å². The van der Waals surface area contributed by atoms with Crippen molar-refractivity contribution in [2.24, 2.45) is 0 Å². The van der Waals surface area contributed by atoms with Crippen LogP contribution in [0.15, 0.2) is 0 Å². The van der Waals surface area contributed by atoms with E-state index >= 15 is 0 Å². The van der Waals surface area contributed by atoms with Crippen LogP contribution in [0.5, 0.6) is 0 Å². The van der Waals surface area contributed by atoms with Crippen molar-refractivity contribution in [2.45, 2.75) is 51.8 Å². The quantitative estimate of drug-likeness (QED) is 0.514. The Bertz CT molecular complexity index is 166. The van der Waals surface area contributed by atoms with Crippen LogP contribution in [0.4, 0.5) is 0 Å². The Morgan fingerprint density at radius 2 is 1.42 bits per heavy atom. The third-order valence-corrected chi connectivity index (χ3v) is 4.59. The molecule has 0 fully saturated rings. The summed E-state index contributed by atoms with van der Waals surface area (Å²) in [5, 5.41) is 9.01.